The summed E-state index contributed by atoms with van der Waals surface area (Å²) in [6.07, 6.45) is 6.82. The van der Waals surface area contributed by atoms with Crippen molar-refractivity contribution in [1.82, 2.24) is 24.9 Å². The van der Waals surface area contributed by atoms with Crippen LogP contribution in [0.5, 0.6) is 5.75 Å². The Kier molecular flexibility index (Phi) is 6.00. The Balaban J connectivity index is 1.01. The molecule has 206 valence electrons. The number of ether oxygens (including phenoxy) is 1. The number of carbonyl (C=O) groups is 2. The Morgan fingerprint density at radius 3 is 2.77 bits per heavy atom. The molecular weight excluding hydrogens is 509 g/mol. The van der Waals surface area contributed by atoms with Crippen LogP contribution in [0, 0.1) is 5.82 Å². The largest absolute Gasteiger partial charge is 0.492 e. The van der Waals surface area contributed by atoms with Gasteiger partial charge < -0.3 is 9.64 Å². The number of carbonyl (C=O) groups excluding carboxylic acids is 2. The highest BCUT2D eigenvalue weighted by molar-refractivity contribution is 6.01. The Hall–Kier alpha value is -3.98. The van der Waals surface area contributed by atoms with E-state index in [0.717, 1.165) is 66.2 Å². The zero-order valence-corrected chi connectivity index (χ0v) is 22.4. The Bertz CT molecular complexity index is 1520. The third-order valence-corrected chi connectivity index (χ3v) is 9.04. The van der Waals surface area contributed by atoms with Crippen LogP contribution in [0.15, 0.2) is 55.4 Å². The number of imide groups is 1. The van der Waals surface area contributed by atoms with E-state index in [1.807, 2.05) is 28.0 Å². The van der Waals surface area contributed by atoms with Crippen molar-refractivity contribution in [3.05, 3.63) is 89.0 Å². The van der Waals surface area contributed by atoms with Crippen LogP contribution < -0.4 is 10.1 Å². The summed E-state index contributed by atoms with van der Waals surface area (Å²) in [6, 6.07) is 10.6. The van der Waals surface area contributed by atoms with E-state index in [9.17, 15) is 14.0 Å². The van der Waals surface area contributed by atoms with Gasteiger partial charge in [-0.3, -0.25) is 24.5 Å². The molecule has 2 fully saturated rings. The maximum absolute atomic E-state index is 13.5. The highest BCUT2D eigenvalue weighted by atomic mass is 19.1. The number of nitrogens with one attached hydrogen (secondary N) is 1. The van der Waals surface area contributed by atoms with Gasteiger partial charge in [0.25, 0.3) is 0 Å². The van der Waals surface area contributed by atoms with Gasteiger partial charge in [0.05, 0.1) is 19.3 Å². The molecule has 4 aliphatic heterocycles. The minimum atomic E-state index is -0.384. The fourth-order valence-corrected chi connectivity index (χ4v) is 6.83. The van der Waals surface area contributed by atoms with E-state index in [1.54, 1.807) is 12.1 Å². The van der Waals surface area contributed by atoms with Gasteiger partial charge in [0.1, 0.15) is 17.6 Å². The predicted molar refractivity (Wildman–Crippen MR) is 147 cm³/mol. The summed E-state index contributed by atoms with van der Waals surface area (Å²) in [4.78, 5) is 28.7. The van der Waals surface area contributed by atoms with Crippen LogP contribution >= 0.6 is 0 Å². The number of benzene rings is 2. The molecule has 0 bridgehead atoms. The molecule has 5 heterocycles. The first-order valence-electron chi connectivity index (χ1n) is 14.0. The van der Waals surface area contributed by atoms with Crippen molar-refractivity contribution in [2.75, 3.05) is 19.7 Å². The highest BCUT2D eigenvalue weighted by Crippen LogP contribution is 2.51. The molecule has 2 amide bonds. The molecule has 2 saturated heterocycles. The number of likely N-dealkylation sites (tertiary alicyclic amines) is 1. The smallest absolute Gasteiger partial charge is 0.249 e. The molecule has 1 unspecified atom stereocenters. The zero-order valence-electron chi connectivity index (χ0n) is 22.4. The minimum absolute atomic E-state index is 0.00812. The van der Waals surface area contributed by atoms with Gasteiger partial charge in [0, 0.05) is 59.1 Å². The summed E-state index contributed by atoms with van der Waals surface area (Å²) >= 11 is 0. The summed E-state index contributed by atoms with van der Waals surface area (Å²) in [5.41, 5.74) is 6.28. The topological polar surface area (TPSA) is 79.7 Å². The maximum atomic E-state index is 13.5. The molecule has 0 radical (unpaired) electrons. The molecule has 1 N–H and O–H groups in total. The summed E-state index contributed by atoms with van der Waals surface area (Å²) in [5, 5.41) is 6.96. The molecule has 0 aliphatic carbocycles. The second kappa shape index (κ2) is 9.59. The number of hydrogen-bond donors (Lipinski definition) is 1. The van der Waals surface area contributed by atoms with Gasteiger partial charge in [-0.15, -0.1) is 0 Å². The van der Waals surface area contributed by atoms with Crippen LogP contribution in [0.1, 0.15) is 53.5 Å². The average molecular weight is 542 g/mol. The second-order valence-electron chi connectivity index (χ2n) is 11.5. The maximum Gasteiger partial charge on any atom is 0.249 e. The fraction of sp³-hybridized carbons (Fsp3) is 0.387. The molecule has 40 heavy (non-hydrogen) atoms. The average Bonchev–Trinajstić information content (AvgIpc) is 3.62. The van der Waals surface area contributed by atoms with Crippen LogP contribution in [-0.4, -0.2) is 57.1 Å². The van der Waals surface area contributed by atoms with Gasteiger partial charge in [0.2, 0.25) is 11.8 Å². The molecule has 3 aromatic rings. The van der Waals surface area contributed by atoms with Crippen molar-refractivity contribution in [3.63, 3.8) is 0 Å². The van der Waals surface area contributed by atoms with E-state index in [4.69, 9.17) is 4.74 Å². The van der Waals surface area contributed by atoms with Crippen LogP contribution in [0.3, 0.4) is 0 Å². The van der Waals surface area contributed by atoms with E-state index in [1.165, 1.54) is 11.6 Å². The van der Waals surface area contributed by atoms with E-state index in [-0.39, 0.29) is 29.1 Å². The lowest BCUT2D eigenvalue weighted by atomic mass is 9.74. The monoisotopic (exact) mass is 541 g/mol. The number of piperidine rings is 2. The van der Waals surface area contributed by atoms with Crippen molar-refractivity contribution in [2.24, 2.45) is 0 Å². The quantitative estimate of drug-likeness (QED) is 0.498. The lowest BCUT2D eigenvalue weighted by Crippen LogP contribution is -2.50. The van der Waals surface area contributed by atoms with Crippen LogP contribution in [0.2, 0.25) is 0 Å². The normalized spacial score (nSPS) is 21.9. The number of aromatic nitrogens is 2. The number of nitrogens with zero attached hydrogens (tertiary/aromatic N) is 4. The van der Waals surface area contributed by atoms with Crippen LogP contribution in [0.4, 0.5) is 4.39 Å². The summed E-state index contributed by atoms with van der Waals surface area (Å²) in [5.74, 6) is 0.275. The minimum Gasteiger partial charge on any atom is -0.492 e. The molecular formula is C31H32FN5O3. The molecule has 2 aromatic carbocycles. The first-order valence-corrected chi connectivity index (χ1v) is 14.0. The van der Waals surface area contributed by atoms with Crippen molar-refractivity contribution in [3.8, 4) is 5.75 Å². The first kappa shape index (κ1) is 25.0. The van der Waals surface area contributed by atoms with Crippen LogP contribution in [-0.2, 0) is 34.6 Å². The van der Waals surface area contributed by atoms with Crippen molar-refractivity contribution in [1.29, 1.82) is 0 Å². The fourth-order valence-electron chi connectivity index (χ4n) is 6.83. The number of amides is 2. The van der Waals surface area contributed by atoms with Gasteiger partial charge in [-0.1, -0.05) is 30.8 Å². The van der Waals surface area contributed by atoms with E-state index in [0.29, 0.717) is 32.5 Å². The van der Waals surface area contributed by atoms with Crippen LogP contribution in [0.25, 0.3) is 5.70 Å². The molecule has 4 aliphatic rings. The summed E-state index contributed by atoms with van der Waals surface area (Å²) < 4.78 is 21.8. The molecule has 7 rings (SSSR count). The van der Waals surface area contributed by atoms with Gasteiger partial charge in [-0.25, -0.2) is 4.39 Å². The highest BCUT2D eigenvalue weighted by Gasteiger charge is 2.46. The number of halogens is 1. The molecule has 1 atom stereocenters. The lowest BCUT2D eigenvalue weighted by molar-refractivity contribution is -0.136. The third kappa shape index (κ3) is 4.29. The predicted octanol–water partition coefficient (Wildman–Crippen LogP) is 3.59. The van der Waals surface area contributed by atoms with Gasteiger partial charge in [0.15, 0.2) is 0 Å². The van der Waals surface area contributed by atoms with Crippen molar-refractivity contribution in [2.45, 2.75) is 56.8 Å². The van der Waals surface area contributed by atoms with Crippen molar-refractivity contribution < 1.29 is 18.7 Å². The molecule has 1 aromatic heterocycles. The number of fused-ring (bicyclic) bond motifs is 4. The molecule has 0 saturated carbocycles. The lowest BCUT2D eigenvalue weighted by Gasteiger charge is -2.38. The van der Waals surface area contributed by atoms with E-state index >= 15 is 0 Å². The molecule has 1 spiro atoms. The Morgan fingerprint density at radius 1 is 1.12 bits per heavy atom. The van der Waals surface area contributed by atoms with E-state index in [2.05, 4.69) is 34.0 Å². The Morgan fingerprint density at radius 2 is 1.98 bits per heavy atom. The van der Waals surface area contributed by atoms with Crippen molar-refractivity contribution >= 4 is 17.5 Å². The number of hydrogen-bond acceptors (Lipinski definition) is 6. The van der Waals surface area contributed by atoms with E-state index < -0.39 is 0 Å². The molecule has 9 heteroatoms. The number of rotatable bonds is 5. The van der Waals surface area contributed by atoms with Gasteiger partial charge in [-0.05, 0) is 50.0 Å². The third-order valence-electron chi connectivity index (χ3n) is 9.04. The Labute approximate surface area is 232 Å². The summed E-state index contributed by atoms with van der Waals surface area (Å²) in [7, 11) is 0. The first-order chi connectivity index (χ1) is 19.4. The second-order valence-corrected chi connectivity index (χ2v) is 11.5. The zero-order chi connectivity index (χ0) is 27.4. The summed E-state index contributed by atoms with van der Waals surface area (Å²) in [6.45, 7) is 8.84. The van der Waals surface area contributed by atoms with Gasteiger partial charge >= 0.3 is 0 Å². The van der Waals surface area contributed by atoms with Gasteiger partial charge in [-0.2, -0.15) is 5.10 Å². The molecule has 8 nitrogen and oxygen atoms in total. The standard InChI is InChI=1S/C31H32FN5O3/c1-20-24-5-6-26-29(25(24)18-37(20)27-7-8-28(38)34-30(27)39)40-19-31(26)9-11-35(12-10-31)15-22-14-33-36(17-22)16-21-3-2-4-23(32)13-21/h2-6,13-14,17,27H,1,7-12,15-16,18-19H2,(H,34,38,39). The SMILES string of the molecule is C=C1c2ccc3c(c2CN1C1CCC(=O)NC1=O)OCC31CCN(Cc2cnn(Cc3cccc(F)c3)c2)CC1.